The van der Waals surface area contributed by atoms with Crippen molar-refractivity contribution in [3.05, 3.63) is 35.4 Å². The maximum Gasteiger partial charge on any atom is 0.158 e. The van der Waals surface area contributed by atoms with Crippen molar-refractivity contribution >= 4 is 9.84 Å². The van der Waals surface area contributed by atoms with Crippen molar-refractivity contribution in [3.8, 4) is 0 Å². The van der Waals surface area contributed by atoms with Gasteiger partial charge in [-0.15, -0.1) is 0 Å². The zero-order chi connectivity index (χ0) is 15.2. The van der Waals surface area contributed by atoms with Gasteiger partial charge < -0.3 is 5.32 Å². The van der Waals surface area contributed by atoms with Crippen LogP contribution in [0.25, 0.3) is 0 Å². The van der Waals surface area contributed by atoms with Gasteiger partial charge in [-0.1, -0.05) is 43.7 Å². The molecule has 1 N–H and O–H groups in total. The Kier molecular flexibility index (Phi) is 6.69. The van der Waals surface area contributed by atoms with Crippen molar-refractivity contribution in [1.82, 2.24) is 5.32 Å². The van der Waals surface area contributed by atoms with E-state index in [4.69, 9.17) is 0 Å². The topological polar surface area (TPSA) is 46.2 Å². The molecule has 0 saturated carbocycles. The van der Waals surface area contributed by atoms with Crippen LogP contribution in [0, 0.1) is 6.92 Å². The van der Waals surface area contributed by atoms with Crippen LogP contribution in [0.3, 0.4) is 0 Å². The summed E-state index contributed by atoms with van der Waals surface area (Å²) >= 11 is 0. The zero-order valence-corrected chi connectivity index (χ0v) is 13.8. The lowest BCUT2D eigenvalue weighted by Crippen LogP contribution is -2.42. The normalized spacial score (nSPS) is 15.0. The van der Waals surface area contributed by atoms with Gasteiger partial charge in [0, 0.05) is 6.04 Å². The van der Waals surface area contributed by atoms with E-state index in [9.17, 15) is 8.42 Å². The van der Waals surface area contributed by atoms with Gasteiger partial charge in [-0.05, 0) is 38.8 Å². The number of hydrogen-bond acceptors (Lipinski definition) is 3. The molecule has 0 radical (unpaired) electrons. The van der Waals surface area contributed by atoms with Crippen LogP contribution in [0.5, 0.6) is 0 Å². The maximum absolute atomic E-state index is 12.5. The minimum absolute atomic E-state index is 0.0322. The third-order valence-electron chi connectivity index (χ3n) is 3.68. The minimum Gasteiger partial charge on any atom is -0.313 e. The van der Waals surface area contributed by atoms with Crippen LogP contribution < -0.4 is 5.32 Å². The summed E-state index contributed by atoms with van der Waals surface area (Å²) in [4.78, 5) is 0. The molecule has 3 nitrogen and oxygen atoms in total. The van der Waals surface area contributed by atoms with Crippen molar-refractivity contribution in [1.29, 1.82) is 0 Å². The Morgan fingerprint density at radius 2 is 1.95 bits per heavy atom. The van der Waals surface area contributed by atoms with E-state index in [-0.39, 0.29) is 17.0 Å². The van der Waals surface area contributed by atoms with Gasteiger partial charge in [0.05, 0.1) is 11.0 Å². The lowest BCUT2D eigenvalue weighted by molar-refractivity contribution is 0.471. The average molecular weight is 297 g/mol. The molecule has 2 atom stereocenters. The summed E-state index contributed by atoms with van der Waals surface area (Å²) in [5, 5.41) is 2.98. The van der Waals surface area contributed by atoms with Crippen molar-refractivity contribution in [2.24, 2.45) is 0 Å². The molecule has 2 unspecified atom stereocenters. The van der Waals surface area contributed by atoms with E-state index < -0.39 is 9.84 Å². The van der Waals surface area contributed by atoms with Crippen LogP contribution in [0.1, 0.15) is 44.7 Å². The predicted molar refractivity (Wildman–Crippen MR) is 85.6 cm³/mol. The summed E-state index contributed by atoms with van der Waals surface area (Å²) in [6, 6.07) is 7.77. The number of rotatable bonds is 8. The molecule has 0 aromatic heterocycles. The molecule has 1 aromatic carbocycles. The summed E-state index contributed by atoms with van der Waals surface area (Å²) in [5.41, 5.74) is 1.98. The molecule has 20 heavy (non-hydrogen) atoms. The monoisotopic (exact) mass is 297 g/mol. The highest BCUT2D eigenvalue weighted by atomic mass is 32.2. The maximum atomic E-state index is 12.5. The van der Waals surface area contributed by atoms with Crippen LogP contribution in [-0.2, 0) is 15.6 Å². The SMILES string of the molecule is CCCNC(CC)C(C)S(=O)(=O)Cc1cccc(C)c1. The summed E-state index contributed by atoms with van der Waals surface area (Å²) in [7, 11) is -3.13. The summed E-state index contributed by atoms with van der Waals surface area (Å²) in [5.74, 6) is 0.125. The Morgan fingerprint density at radius 1 is 1.25 bits per heavy atom. The molecule has 0 fully saturated rings. The largest absolute Gasteiger partial charge is 0.313 e. The molecule has 114 valence electrons. The van der Waals surface area contributed by atoms with Crippen molar-refractivity contribution < 1.29 is 8.42 Å². The van der Waals surface area contributed by atoms with E-state index >= 15 is 0 Å². The first-order chi connectivity index (χ1) is 9.40. The standard InChI is InChI=1S/C16H27NO2S/c1-5-10-17-16(6-2)14(4)20(18,19)12-15-9-7-8-13(3)11-15/h7-9,11,14,16-17H,5-6,10,12H2,1-4H3. The summed E-state index contributed by atoms with van der Waals surface area (Å²) < 4.78 is 25.1. The van der Waals surface area contributed by atoms with Gasteiger partial charge in [-0.25, -0.2) is 8.42 Å². The van der Waals surface area contributed by atoms with Crippen LogP contribution in [-0.4, -0.2) is 26.3 Å². The Bertz CT molecular complexity index is 511. The molecular formula is C16H27NO2S. The first-order valence-corrected chi connectivity index (χ1v) is 9.12. The molecule has 1 aromatic rings. The highest BCUT2D eigenvalue weighted by Gasteiger charge is 2.28. The van der Waals surface area contributed by atoms with Gasteiger partial charge in [0.2, 0.25) is 0 Å². The molecule has 0 spiro atoms. The second-order valence-corrected chi connectivity index (χ2v) is 7.83. The summed E-state index contributed by atoms with van der Waals surface area (Å²) in [6.07, 6.45) is 1.84. The lowest BCUT2D eigenvalue weighted by atomic mass is 10.1. The minimum atomic E-state index is -3.13. The molecule has 0 aliphatic rings. The average Bonchev–Trinajstić information content (AvgIpc) is 2.38. The van der Waals surface area contributed by atoms with Crippen LogP contribution in [0.4, 0.5) is 0 Å². The Hall–Kier alpha value is -0.870. The van der Waals surface area contributed by atoms with Gasteiger partial charge in [0.1, 0.15) is 0 Å². The molecule has 0 aliphatic carbocycles. The molecule has 0 saturated heterocycles. The smallest absolute Gasteiger partial charge is 0.158 e. The third kappa shape index (κ3) is 4.91. The molecule has 0 heterocycles. The second-order valence-electron chi connectivity index (χ2n) is 5.47. The highest BCUT2D eigenvalue weighted by molar-refractivity contribution is 7.91. The molecular weight excluding hydrogens is 270 g/mol. The zero-order valence-electron chi connectivity index (χ0n) is 13.0. The lowest BCUT2D eigenvalue weighted by Gasteiger charge is -2.24. The number of nitrogens with one attached hydrogen (secondary N) is 1. The Balaban J connectivity index is 2.81. The number of benzene rings is 1. The van der Waals surface area contributed by atoms with Crippen LogP contribution >= 0.6 is 0 Å². The molecule has 1 rings (SSSR count). The summed E-state index contributed by atoms with van der Waals surface area (Å²) in [6.45, 7) is 8.79. The van der Waals surface area contributed by atoms with Crippen molar-refractivity contribution in [3.63, 3.8) is 0 Å². The van der Waals surface area contributed by atoms with Gasteiger partial charge in [0.25, 0.3) is 0 Å². The van der Waals surface area contributed by atoms with Gasteiger partial charge >= 0.3 is 0 Å². The van der Waals surface area contributed by atoms with Crippen molar-refractivity contribution in [2.45, 2.75) is 57.6 Å². The second kappa shape index (κ2) is 7.79. The molecule has 0 amide bonds. The molecule has 0 aliphatic heterocycles. The first kappa shape index (κ1) is 17.2. The number of aryl methyl sites for hydroxylation is 1. The predicted octanol–water partition coefficient (Wildman–Crippen LogP) is 3.08. The fourth-order valence-corrected chi connectivity index (χ4v) is 4.08. The molecule has 0 bridgehead atoms. The molecule has 4 heteroatoms. The highest BCUT2D eigenvalue weighted by Crippen LogP contribution is 2.16. The fourth-order valence-electron chi connectivity index (χ4n) is 2.39. The Labute approximate surface area is 123 Å². The van der Waals surface area contributed by atoms with E-state index in [0.717, 1.165) is 30.5 Å². The van der Waals surface area contributed by atoms with Gasteiger partial charge in [0.15, 0.2) is 9.84 Å². The van der Waals surface area contributed by atoms with E-state index in [1.165, 1.54) is 0 Å². The van der Waals surface area contributed by atoms with Crippen molar-refractivity contribution in [2.75, 3.05) is 6.54 Å². The number of sulfone groups is 1. The van der Waals surface area contributed by atoms with E-state index in [1.54, 1.807) is 0 Å². The van der Waals surface area contributed by atoms with E-state index in [0.29, 0.717) is 0 Å². The third-order valence-corrected chi connectivity index (χ3v) is 5.88. The van der Waals surface area contributed by atoms with Crippen LogP contribution in [0.15, 0.2) is 24.3 Å². The fraction of sp³-hybridized carbons (Fsp3) is 0.625. The van der Waals surface area contributed by atoms with Crippen LogP contribution in [0.2, 0.25) is 0 Å². The first-order valence-electron chi connectivity index (χ1n) is 7.41. The van der Waals surface area contributed by atoms with Gasteiger partial charge in [-0.3, -0.25) is 0 Å². The van der Waals surface area contributed by atoms with E-state index in [2.05, 4.69) is 12.2 Å². The van der Waals surface area contributed by atoms with Gasteiger partial charge in [-0.2, -0.15) is 0 Å². The quantitative estimate of drug-likeness (QED) is 0.802. The van der Waals surface area contributed by atoms with E-state index in [1.807, 2.05) is 45.0 Å². The Morgan fingerprint density at radius 3 is 2.50 bits per heavy atom. The number of hydrogen-bond donors (Lipinski definition) is 1.